The third kappa shape index (κ3) is 3.96. The van der Waals surface area contributed by atoms with Crippen LogP contribution in [0.1, 0.15) is 18.7 Å². The lowest BCUT2D eigenvalue weighted by Gasteiger charge is -2.33. The fraction of sp³-hybridized carbons (Fsp3) is 0.625. The molecule has 2 aromatic heterocycles. The molecule has 2 aromatic rings. The van der Waals surface area contributed by atoms with Crippen molar-refractivity contribution in [2.24, 2.45) is 13.0 Å². The van der Waals surface area contributed by atoms with Crippen LogP contribution in [0.5, 0.6) is 0 Å². The Morgan fingerprint density at radius 1 is 1.23 bits per heavy atom. The van der Waals surface area contributed by atoms with E-state index in [4.69, 9.17) is 0 Å². The SMILES string of the molecule is Cn1ccnc1CC1CCN(CC(O)Cn2cccn2)CC1. The van der Waals surface area contributed by atoms with Crippen LogP contribution in [0.3, 0.4) is 0 Å². The Labute approximate surface area is 131 Å². The van der Waals surface area contributed by atoms with E-state index in [1.54, 1.807) is 10.9 Å². The summed E-state index contributed by atoms with van der Waals surface area (Å²) in [5.41, 5.74) is 0. The Morgan fingerprint density at radius 2 is 2.05 bits per heavy atom. The summed E-state index contributed by atoms with van der Waals surface area (Å²) in [7, 11) is 2.06. The molecule has 0 spiro atoms. The van der Waals surface area contributed by atoms with Crippen LogP contribution in [-0.2, 0) is 20.0 Å². The normalized spacial score (nSPS) is 18.6. The van der Waals surface area contributed by atoms with E-state index >= 15 is 0 Å². The summed E-state index contributed by atoms with van der Waals surface area (Å²) >= 11 is 0. The zero-order chi connectivity index (χ0) is 15.4. The van der Waals surface area contributed by atoms with Crippen LogP contribution in [0.2, 0.25) is 0 Å². The first kappa shape index (κ1) is 15.2. The van der Waals surface area contributed by atoms with E-state index in [2.05, 4.69) is 26.6 Å². The van der Waals surface area contributed by atoms with Crippen LogP contribution in [-0.4, -0.2) is 55.1 Å². The second-order valence-electron chi connectivity index (χ2n) is 6.28. The van der Waals surface area contributed by atoms with Crippen molar-refractivity contribution < 1.29 is 5.11 Å². The number of likely N-dealkylation sites (tertiary alicyclic amines) is 1. The standard InChI is InChI=1S/C16H25N5O/c1-19-10-6-17-16(19)11-14-3-8-20(9-4-14)12-15(22)13-21-7-2-5-18-21/h2,5-7,10,14-15,22H,3-4,8-9,11-13H2,1H3. The first-order valence-corrected chi connectivity index (χ1v) is 8.05. The van der Waals surface area contributed by atoms with E-state index in [0.717, 1.165) is 26.1 Å². The zero-order valence-corrected chi connectivity index (χ0v) is 13.2. The number of β-amino-alcohol motifs (C(OH)–C–C–N with tert-alkyl or cyclic N) is 1. The molecule has 1 saturated heterocycles. The quantitative estimate of drug-likeness (QED) is 0.862. The molecule has 1 aliphatic heterocycles. The van der Waals surface area contributed by atoms with Gasteiger partial charge in [0.1, 0.15) is 5.82 Å². The molecule has 1 aliphatic rings. The van der Waals surface area contributed by atoms with Gasteiger partial charge >= 0.3 is 0 Å². The minimum absolute atomic E-state index is 0.356. The van der Waals surface area contributed by atoms with Crippen molar-refractivity contribution >= 4 is 0 Å². The highest BCUT2D eigenvalue weighted by molar-refractivity contribution is 4.94. The maximum Gasteiger partial charge on any atom is 0.108 e. The molecule has 0 bridgehead atoms. The van der Waals surface area contributed by atoms with Crippen LogP contribution in [0.25, 0.3) is 0 Å². The van der Waals surface area contributed by atoms with Gasteiger partial charge in [-0.1, -0.05) is 0 Å². The molecule has 3 rings (SSSR count). The first-order chi connectivity index (χ1) is 10.7. The maximum atomic E-state index is 10.2. The molecule has 0 amide bonds. The number of aromatic nitrogens is 4. The molecule has 1 fully saturated rings. The number of nitrogens with zero attached hydrogens (tertiary/aromatic N) is 5. The van der Waals surface area contributed by atoms with Gasteiger partial charge in [0, 0.05) is 44.8 Å². The number of rotatable bonds is 6. The molecule has 6 nitrogen and oxygen atoms in total. The Hall–Kier alpha value is -1.66. The van der Waals surface area contributed by atoms with Gasteiger partial charge in [0.25, 0.3) is 0 Å². The molecule has 22 heavy (non-hydrogen) atoms. The summed E-state index contributed by atoms with van der Waals surface area (Å²) in [4.78, 5) is 6.78. The number of hydrogen-bond acceptors (Lipinski definition) is 4. The Kier molecular flexibility index (Phi) is 4.90. The second kappa shape index (κ2) is 7.07. The number of hydrogen-bond donors (Lipinski definition) is 1. The van der Waals surface area contributed by atoms with Gasteiger partial charge in [0.15, 0.2) is 0 Å². The van der Waals surface area contributed by atoms with Crippen LogP contribution in [0.15, 0.2) is 30.9 Å². The molecular weight excluding hydrogens is 278 g/mol. The van der Waals surface area contributed by atoms with E-state index in [0.29, 0.717) is 12.5 Å². The average molecular weight is 303 g/mol. The van der Waals surface area contributed by atoms with Crippen LogP contribution in [0.4, 0.5) is 0 Å². The minimum atomic E-state index is -0.356. The van der Waals surface area contributed by atoms with E-state index < -0.39 is 0 Å². The van der Waals surface area contributed by atoms with Gasteiger partial charge < -0.3 is 14.6 Å². The largest absolute Gasteiger partial charge is 0.390 e. The molecule has 1 N–H and O–H groups in total. The van der Waals surface area contributed by atoms with E-state index in [-0.39, 0.29) is 6.10 Å². The number of aliphatic hydroxyl groups excluding tert-OH is 1. The molecule has 120 valence electrons. The second-order valence-corrected chi connectivity index (χ2v) is 6.28. The summed E-state index contributed by atoms with van der Waals surface area (Å²) in [6, 6.07) is 1.88. The smallest absolute Gasteiger partial charge is 0.108 e. The van der Waals surface area contributed by atoms with Crippen molar-refractivity contribution in [1.29, 1.82) is 0 Å². The highest BCUT2D eigenvalue weighted by Gasteiger charge is 2.22. The lowest BCUT2D eigenvalue weighted by atomic mass is 9.93. The van der Waals surface area contributed by atoms with Crippen molar-refractivity contribution in [3.63, 3.8) is 0 Å². The monoisotopic (exact) mass is 303 g/mol. The van der Waals surface area contributed by atoms with E-state index in [1.165, 1.54) is 18.7 Å². The number of imidazole rings is 1. The van der Waals surface area contributed by atoms with E-state index in [1.807, 2.05) is 24.7 Å². The third-order valence-corrected chi connectivity index (χ3v) is 4.53. The lowest BCUT2D eigenvalue weighted by Crippen LogP contribution is -2.40. The summed E-state index contributed by atoms with van der Waals surface area (Å²) in [6.45, 7) is 3.42. The highest BCUT2D eigenvalue weighted by atomic mass is 16.3. The fourth-order valence-electron chi connectivity index (χ4n) is 3.20. The van der Waals surface area contributed by atoms with Gasteiger partial charge in [-0.25, -0.2) is 4.98 Å². The van der Waals surface area contributed by atoms with Gasteiger partial charge in [-0.05, 0) is 37.9 Å². The Balaban J connectivity index is 1.41. The maximum absolute atomic E-state index is 10.2. The van der Waals surface area contributed by atoms with Crippen molar-refractivity contribution in [1.82, 2.24) is 24.2 Å². The minimum Gasteiger partial charge on any atom is -0.390 e. The van der Waals surface area contributed by atoms with Crippen LogP contribution < -0.4 is 0 Å². The molecule has 0 saturated carbocycles. The van der Waals surface area contributed by atoms with Crippen molar-refractivity contribution in [3.8, 4) is 0 Å². The van der Waals surface area contributed by atoms with Gasteiger partial charge in [-0.3, -0.25) is 4.68 Å². The first-order valence-electron chi connectivity index (χ1n) is 8.05. The number of aliphatic hydroxyl groups is 1. The topological polar surface area (TPSA) is 59.1 Å². The van der Waals surface area contributed by atoms with Gasteiger partial charge in [0.2, 0.25) is 0 Å². The third-order valence-electron chi connectivity index (χ3n) is 4.53. The summed E-state index contributed by atoms with van der Waals surface area (Å²) in [6.07, 6.45) is 10.6. The Bertz CT molecular complexity index is 557. The molecule has 3 heterocycles. The lowest BCUT2D eigenvalue weighted by molar-refractivity contribution is 0.0756. The predicted molar refractivity (Wildman–Crippen MR) is 84.3 cm³/mol. The number of piperidine rings is 1. The zero-order valence-electron chi connectivity index (χ0n) is 13.2. The summed E-state index contributed by atoms with van der Waals surface area (Å²) in [5, 5.41) is 14.3. The van der Waals surface area contributed by atoms with Gasteiger partial charge in [-0.2, -0.15) is 5.10 Å². The molecular formula is C16H25N5O. The van der Waals surface area contributed by atoms with Crippen LogP contribution >= 0.6 is 0 Å². The van der Waals surface area contributed by atoms with Crippen molar-refractivity contribution in [2.45, 2.75) is 31.9 Å². The van der Waals surface area contributed by atoms with Crippen LogP contribution in [0, 0.1) is 5.92 Å². The Morgan fingerprint density at radius 3 is 2.68 bits per heavy atom. The number of aryl methyl sites for hydroxylation is 1. The van der Waals surface area contributed by atoms with Gasteiger partial charge in [0.05, 0.1) is 12.6 Å². The van der Waals surface area contributed by atoms with Gasteiger partial charge in [-0.15, -0.1) is 0 Å². The molecule has 1 unspecified atom stereocenters. The fourth-order valence-corrected chi connectivity index (χ4v) is 3.20. The molecule has 6 heteroatoms. The molecule has 1 atom stereocenters. The van der Waals surface area contributed by atoms with Crippen molar-refractivity contribution in [2.75, 3.05) is 19.6 Å². The summed E-state index contributed by atoms with van der Waals surface area (Å²) < 4.78 is 3.90. The average Bonchev–Trinajstić information content (AvgIpc) is 3.14. The molecule has 0 aliphatic carbocycles. The van der Waals surface area contributed by atoms with Crippen molar-refractivity contribution in [3.05, 3.63) is 36.7 Å². The molecule has 0 aromatic carbocycles. The predicted octanol–water partition coefficient (Wildman–Crippen LogP) is 0.932. The van der Waals surface area contributed by atoms with E-state index in [9.17, 15) is 5.11 Å². The summed E-state index contributed by atoms with van der Waals surface area (Å²) in [5.74, 6) is 1.89. The highest BCUT2D eigenvalue weighted by Crippen LogP contribution is 2.21. The molecule has 0 radical (unpaired) electrons.